The Balaban J connectivity index is 2.09. The Morgan fingerprint density at radius 1 is 1.47 bits per heavy atom. The fourth-order valence-electron chi connectivity index (χ4n) is 2.29. The van der Waals surface area contributed by atoms with E-state index in [1.807, 2.05) is 6.07 Å². The molecule has 1 fully saturated rings. The smallest absolute Gasteiger partial charge is 0.124 e. The number of hydrogen-bond acceptors (Lipinski definition) is 3. The molecule has 0 aromatic heterocycles. The third-order valence-corrected chi connectivity index (χ3v) is 3.24. The Bertz CT molecular complexity index is 442. The molecule has 2 rings (SSSR count). The Morgan fingerprint density at radius 2 is 2.24 bits per heavy atom. The molecule has 0 spiro atoms. The average molecular weight is 233 g/mol. The van der Waals surface area contributed by atoms with Crippen LogP contribution in [0.15, 0.2) is 18.2 Å². The van der Waals surface area contributed by atoms with Crippen molar-refractivity contribution < 1.29 is 4.39 Å². The van der Waals surface area contributed by atoms with Crippen molar-refractivity contribution in [3.05, 3.63) is 35.1 Å². The zero-order chi connectivity index (χ0) is 12.4. The van der Waals surface area contributed by atoms with E-state index < -0.39 is 0 Å². The van der Waals surface area contributed by atoms with Crippen LogP contribution in [0.1, 0.15) is 18.1 Å². The van der Waals surface area contributed by atoms with Crippen molar-refractivity contribution in [3.63, 3.8) is 0 Å². The standard InChI is InChI=1S/C13H16FN3/c1-9-6-17(8-13(9)16)7-11-2-10(5-15)3-12(14)4-11/h2-4,9,13H,6-8,16H2,1H3. The second-order valence-corrected chi connectivity index (χ2v) is 4.80. The molecule has 1 aliphatic rings. The lowest BCUT2D eigenvalue weighted by Crippen LogP contribution is -2.28. The molecule has 2 N–H and O–H groups in total. The minimum absolute atomic E-state index is 0.194. The van der Waals surface area contributed by atoms with Crippen LogP contribution in [-0.2, 0) is 6.54 Å². The molecule has 4 heteroatoms. The predicted octanol–water partition coefficient (Wildman–Crippen LogP) is 1.48. The molecule has 3 nitrogen and oxygen atoms in total. The van der Waals surface area contributed by atoms with Gasteiger partial charge in [0.25, 0.3) is 0 Å². The maximum atomic E-state index is 13.2. The van der Waals surface area contributed by atoms with Gasteiger partial charge in [0.15, 0.2) is 0 Å². The van der Waals surface area contributed by atoms with Gasteiger partial charge in [-0.05, 0) is 29.7 Å². The Labute approximate surface area is 101 Å². The first-order chi connectivity index (χ1) is 8.08. The van der Waals surface area contributed by atoms with E-state index in [1.54, 1.807) is 6.07 Å². The molecular formula is C13H16FN3. The summed E-state index contributed by atoms with van der Waals surface area (Å²) < 4.78 is 13.2. The van der Waals surface area contributed by atoms with Crippen molar-refractivity contribution in [2.24, 2.45) is 11.7 Å². The van der Waals surface area contributed by atoms with Crippen LogP contribution >= 0.6 is 0 Å². The fourth-order valence-corrected chi connectivity index (χ4v) is 2.29. The minimum atomic E-state index is -0.351. The highest BCUT2D eigenvalue weighted by atomic mass is 19.1. The minimum Gasteiger partial charge on any atom is -0.326 e. The summed E-state index contributed by atoms with van der Waals surface area (Å²) in [5.74, 6) is 0.120. The first-order valence-electron chi connectivity index (χ1n) is 5.76. The molecule has 1 heterocycles. The van der Waals surface area contributed by atoms with Crippen LogP contribution in [0.25, 0.3) is 0 Å². The molecular weight excluding hydrogens is 217 g/mol. The summed E-state index contributed by atoms with van der Waals surface area (Å²) in [6.07, 6.45) is 0. The zero-order valence-electron chi connectivity index (χ0n) is 9.86. The van der Waals surface area contributed by atoms with E-state index in [9.17, 15) is 4.39 Å². The first kappa shape index (κ1) is 12.0. The molecule has 0 radical (unpaired) electrons. The van der Waals surface area contributed by atoms with Crippen LogP contribution in [0.5, 0.6) is 0 Å². The van der Waals surface area contributed by atoms with Gasteiger partial charge in [0, 0.05) is 25.7 Å². The van der Waals surface area contributed by atoms with Crippen LogP contribution in [0.4, 0.5) is 4.39 Å². The fraction of sp³-hybridized carbons (Fsp3) is 0.462. The molecule has 17 heavy (non-hydrogen) atoms. The molecule has 0 saturated carbocycles. The van der Waals surface area contributed by atoms with Crippen LogP contribution < -0.4 is 5.73 Å². The number of benzene rings is 1. The van der Waals surface area contributed by atoms with E-state index >= 15 is 0 Å². The van der Waals surface area contributed by atoms with E-state index in [1.165, 1.54) is 12.1 Å². The second-order valence-electron chi connectivity index (χ2n) is 4.80. The van der Waals surface area contributed by atoms with Gasteiger partial charge < -0.3 is 5.73 Å². The highest BCUT2D eigenvalue weighted by Gasteiger charge is 2.26. The summed E-state index contributed by atoms with van der Waals surface area (Å²) in [5, 5.41) is 8.78. The maximum Gasteiger partial charge on any atom is 0.124 e. The first-order valence-corrected chi connectivity index (χ1v) is 5.76. The zero-order valence-corrected chi connectivity index (χ0v) is 9.86. The summed E-state index contributed by atoms with van der Waals surface area (Å²) in [7, 11) is 0. The van der Waals surface area contributed by atoms with Gasteiger partial charge in [-0.3, -0.25) is 4.90 Å². The van der Waals surface area contributed by atoms with Crippen molar-refractivity contribution in [1.82, 2.24) is 4.90 Å². The van der Waals surface area contributed by atoms with Crippen molar-refractivity contribution in [2.75, 3.05) is 13.1 Å². The molecule has 0 bridgehead atoms. The van der Waals surface area contributed by atoms with Gasteiger partial charge in [-0.25, -0.2) is 4.39 Å². The highest BCUT2D eigenvalue weighted by Crippen LogP contribution is 2.18. The molecule has 1 aromatic carbocycles. The van der Waals surface area contributed by atoms with E-state index in [0.29, 0.717) is 18.0 Å². The number of nitriles is 1. The summed E-state index contributed by atoms with van der Waals surface area (Å²) in [6.45, 7) is 4.54. The van der Waals surface area contributed by atoms with Gasteiger partial charge in [0.2, 0.25) is 0 Å². The lowest BCUT2D eigenvalue weighted by Gasteiger charge is -2.15. The van der Waals surface area contributed by atoms with Crippen molar-refractivity contribution >= 4 is 0 Å². The van der Waals surface area contributed by atoms with Crippen LogP contribution in [0.3, 0.4) is 0 Å². The van der Waals surface area contributed by atoms with Gasteiger partial charge >= 0.3 is 0 Å². The monoisotopic (exact) mass is 233 g/mol. The van der Waals surface area contributed by atoms with Gasteiger partial charge in [-0.1, -0.05) is 6.92 Å². The third kappa shape index (κ3) is 2.82. The van der Waals surface area contributed by atoms with Gasteiger partial charge in [-0.2, -0.15) is 5.26 Å². The van der Waals surface area contributed by atoms with Crippen LogP contribution in [0.2, 0.25) is 0 Å². The van der Waals surface area contributed by atoms with Crippen molar-refractivity contribution in [3.8, 4) is 6.07 Å². The number of nitrogens with two attached hydrogens (primary N) is 1. The third-order valence-electron chi connectivity index (χ3n) is 3.24. The Kier molecular flexibility index (Phi) is 3.41. The Morgan fingerprint density at radius 3 is 2.82 bits per heavy atom. The molecule has 1 saturated heterocycles. The summed E-state index contributed by atoms with van der Waals surface area (Å²) in [5.41, 5.74) is 7.15. The number of likely N-dealkylation sites (tertiary alicyclic amines) is 1. The van der Waals surface area contributed by atoms with Crippen LogP contribution in [0, 0.1) is 23.1 Å². The van der Waals surface area contributed by atoms with Gasteiger partial charge in [0.1, 0.15) is 5.82 Å². The summed E-state index contributed by atoms with van der Waals surface area (Å²) >= 11 is 0. The Hall–Kier alpha value is -1.44. The maximum absolute atomic E-state index is 13.2. The van der Waals surface area contributed by atoms with Gasteiger partial charge in [-0.15, -0.1) is 0 Å². The molecule has 2 atom stereocenters. The molecule has 0 aliphatic carbocycles. The highest BCUT2D eigenvalue weighted by molar-refractivity contribution is 5.33. The second kappa shape index (κ2) is 4.82. The number of halogens is 1. The average Bonchev–Trinajstić information content (AvgIpc) is 2.57. The molecule has 2 unspecified atom stereocenters. The lowest BCUT2D eigenvalue weighted by atomic mass is 10.1. The lowest BCUT2D eigenvalue weighted by molar-refractivity contribution is 0.318. The predicted molar refractivity (Wildman–Crippen MR) is 63.5 cm³/mol. The van der Waals surface area contributed by atoms with E-state index in [4.69, 9.17) is 11.0 Å². The number of rotatable bonds is 2. The van der Waals surface area contributed by atoms with E-state index in [2.05, 4.69) is 11.8 Å². The molecule has 1 aliphatic heterocycles. The van der Waals surface area contributed by atoms with Crippen LogP contribution in [-0.4, -0.2) is 24.0 Å². The van der Waals surface area contributed by atoms with Crippen molar-refractivity contribution in [1.29, 1.82) is 5.26 Å². The van der Waals surface area contributed by atoms with E-state index in [-0.39, 0.29) is 11.9 Å². The van der Waals surface area contributed by atoms with Crippen molar-refractivity contribution in [2.45, 2.75) is 19.5 Å². The summed E-state index contributed by atoms with van der Waals surface area (Å²) in [6, 6.07) is 6.63. The molecule has 0 amide bonds. The molecule has 1 aromatic rings. The largest absolute Gasteiger partial charge is 0.326 e. The van der Waals surface area contributed by atoms with E-state index in [0.717, 1.165) is 18.7 Å². The number of nitrogens with zero attached hydrogens (tertiary/aromatic N) is 2. The summed E-state index contributed by atoms with van der Waals surface area (Å²) in [4.78, 5) is 2.20. The van der Waals surface area contributed by atoms with Gasteiger partial charge in [0.05, 0.1) is 11.6 Å². The topological polar surface area (TPSA) is 53.0 Å². The quantitative estimate of drug-likeness (QED) is 0.841. The normalized spacial score (nSPS) is 24.8. The number of hydrogen-bond donors (Lipinski definition) is 1. The molecule has 90 valence electrons. The SMILES string of the molecule is CC1CN(Cc2cc(F)cc(C#N)c2)CC1N.